The summed E-state index contributed by atoms with van der Waals surface area (Å²) in [7, 11) is 0. The zero-order valence-corrected chi connectivity index (χ0v) is 10.0. The Bertz CT molecular complexity index is 584. The lowest BCUT2D eigenvalue weighted by atomic mass is 10.2. The van der Waals surface area contributed by atoms with E-state index in [2.05, 4.69) is 5.32 Å². The summed E-state index contributed by atoms with van der Waals surface area (Å²) < 4.78 is 0. The molecule has 92 valence electrons. The van der Waals surface area contributed by atoms with Crippen LogP contribution in [0, 0.1) is 10.1 Å². The van der Waals surface area contributed by atoms with Crippen molar-refractivity contribution in [3.05, 3.63) is 57.6 Å². The summed E-state index contributed by atoms with van der Waals surface area (Å²) in [6.07, 6.45) is 0. The van der Waals surface area contributed by atoms with Gasteiger partial charge in [0.05, 0.1) is 9.95 Å². The number of rotatable bonds is 3. The predicted octanol–water partition coefficient (Wildman–Crippen LogP) is 3.57. The van der Waals surface area contributed by atoms with Gasteiger partial charge in [-0.2, -0.15) is 0 Å². The number of nitrogens with two attached hydrogens (primary N) is 1. The van der Waals surface area contributed by atoms with Gasteiger partial charge in [-0.05, 0) is 30.3 Å². The van der Waals surface area contributed by atoms with Crippen molar-refractivity contribution >= 4 is 34.4 Å². The molecule has 0 heterocycles. The van der Waals surface area contributed by atoms with Gasteiger partial charge in [-0.1, -0.05) is 17.7 Å². The molecule has 0 aromatic heterocycles. The predicted molar refractivity (Wildman–Crippen MR) is 72.2 cm³/mol. The minimum Gasteiger partial charge on any atom is -0.399 e. The molecule has 0 aliphatic heterocycles. The largest absolute Gasteiger partial charge is 0.399 e. The average Bonchev–Trinajstić information content (AvgIpc) is 2.34. The van der Waals surface area contributed by atoms with E-state index in [1.807, 2.05) is 0 Å². The number of hydrogen-bond acceptors (Lipinski definition) is 4. The van der Waals surface area contributed by atoms with Crippen LogP contribution < -0.4 is 11.1 Å². The maximum atomic E-state index is 10.9. The minimum absolute atomic E-state index is 0.0701. The highest BCUT2D eigenvalue weighted by atomic mass is 35.5. The van der Waals surface area contributed by atoms with Gasteiger partial charge in [0.25, 0.3) is 5.69 Å². The fourth-order valence-corrected chi connectivity index (χ4v) is 1.72. The monoisotopic (exact) mass is 263 g/mol. The highest BCUT2D eigenvalue weighted by Gasteiger charge is 2.16. The fourth-order valence-electron chi connectivity index (χ4n) is 1.50. The van der Waals surface area contributed by atoms with Gasteiger partial charge < -0.3 is 11.1 Å². The van der Waals surface area contributed by atoms with Crippen molar-refractivity contribution in [1.82, 2.24) is 0 Å². The second kappa shape index (κ2) is 4.93. The number of para-hydroxylation sites is 1. The molecular formula is C12H10ClN3O2. The summed E-state index contributed by atoms with van der Waals surface area (Å²) in [5, 5.41) is 14.1. The second-order valence-electron chi connectivity index (χ2n) is 3.64. The van der Waals surface area contributed by atoms with Crippen LogP contribution in [0.2, 0.25) is 5.02 Å². The third-order valence-corrected chi connectivity index (χ3v) is 2.68. The van der Waals surface area contributed by atoms with Gasteiger partial charge in [0.1, 0.15) is 5.69 Å². The SMILES string of the molecule is Nc1ccc(Nc2c(Cl)cccc2[N+](=O)[O-])cc1. The Balaban J connectivity index is 2.39. The molecule has 3 N–H and O–H groups in total. The Labute approximate surface area is 108 Å². The quantitative estimate of drug-likeness (QED) is 0.504. The summed E-state index contributed by atoms with van der Waals surface area (Å²) in [4.78, 5) is 10.4. The molecule has 0 saturated heterocycles. The van der Waals surface area contributed by atoms with E-state index >= 15 is 0 Å². The molecule has 2 aromatic carbocycles. The average molecular weight is 264 g/mol. The van der Waals surface area contributed by atoms with Crippen LogP contribution in [-0.4, -0.2) is 4.92 Å². The number of anilines is 3. The first-order valence-corrected chi connectivity index (χ1v) is 5.51. The summed E-state index contributed by atoms with van der Waals surface area (Å²) in [6.45, 7) is 0. The molecule has 0 saturated carbocycles. The highest BCUT2D eigenvalue weighted by molar-refractivity contribution is 6.33. The Morgan fingerprint density at radius 1 is 1.17 bits per heavy atom. The molecule has 18 heavy (non-hydrogen) atoms. The Morgan fingerprint density at radius 2 is 1.83 bits per heavy atom. The van der Waals surface area contributed by atoms with E-state index < -0.39 is 4.92 Å². The first-order chi connectivity index (χ1) is 8.58. The molecule has 0 fully saturated rings. The summed E-state index contributed by atoms with van der Waals surface area (Å²) in [5.74, 6) is 0. The molecule has 0 aliphatic rings. The fraction of sp³-hybridized carbons (Fsp3) is 0. The molecule has 6 heteroatoms. The van der Waals surface area contributed by atoms with Crippen LogP contribution in [0.15, 0.2) is 42.5 Å². The molecule has 0 amide bonds. The standard InChI is InChI=1S/C12H10ClN3O2/c13-10-2-1-3-11(16(17)18)12(10)15-9-6-4-8(14)5-7-9/h1-7,15H,14H2. The van der Waals surface area contributed by atoms with E-state index in [-0.39, 0.29) is 11.4 Å². The van der Waals surface area contributed by atoms with Crippen LogP contribution >= 0.6 is 11.6 Å². The van der Waals surface area contributed by atoms with Crippen molar-refractivity contribution in [3.63, 3.8) is 0 Å². The van der Waals surface area contributed by atoms with E-state index in [4.69, 9.17) is 17.3 Å². The van der Waals surface area contributed by atoms with Crippen molar-refractivity contribution in [1.29, 1.82) is 0 Å². The second-order valence-corrected chi connectivity index (χ2v) is 4.05. The molecule has 5 nitrogen and oxygen atoms in total. The lowest BCUT2D eigenvalue weighted by Crippen LogP contribution is -1.98. The minimum atomic E-state index is -0.481. The van der Waals surface area contributed by atoms with Crippen LogP contribution in [0.3, 0.4) is 0 Å². The zero-order valence-electron chi connectivity index (χ0n) is 9.26. The number of nitro benzene ring substituents is 1. The van der Waals surface area contributed by atoms with Crippen molar-refractivity contribution in [2.75, 3.05) is 11.1 Å². The van der Waals surface area contributed by atoms with Crippen molar-refractivity contribution < 1.29 is 4.92 Å². The van der Waals surface area contributed by atoms with Crippen molar-refractivity contribution in [2.24, 2.45) is 0 Å². The van der Waals surface area contributed by atoms with Gasteiger partial charge >= 0.3 is 0 Å². The first kappa shape index (κ1) is 12.2. The molecule has 0 aliphatic carbocycles. The van der Waals surface area contributed by atoms with E-state index in [9.17, 15) is 10.1 Å². The molecule has 2 aromatic rings. The van der Waals surface area contributed by atoms with Crippen LogP contribution in [0.4, 0.5) is 22.7 Å². The van der Waals surface area contributed by atoms with Crippen molar-refractivity contribution in [3.8, 4) is 0 Å². The number of nitro groups is 1. The molecule has 0 unspecified atom stereocenters. The molecular weight excluding hydrogens is 254 g/mol. The number of nitrogens with zero attached hydrogens (tertiary/aromatic N) is 1. The zero-order chi connectivity index (χ0) is 13.1. The smallest absolute Gasteiger partial charge is 0.294 e. The third-order valence-electron chi connectivity index (χ3n) is 2.37. The molecule has 0 bridgehead atoms. The maximum absolute atomic E-state index is 10.9. The normalized spacial score (nSPS) is 10.1. The summed E-state index contributed by atoms with van der Waals surface area (Å²) >= 11 is 5.96. The van der Waals surface area contributed by atoms with Crippen molar-refractivity contribution in [2.45, 2.75) is 0 Å². The van der Waals surface area contributed by atoms with E-state index in [1.165, 1.54) is 12.1 Å². The van der Waals surface area contributed by atoms with Gasteiger partial charge in [-0.3, -0.25) is 10.1 Å². The van der Waals surface area contributed by atoms with Crippen LogP contribution in [0.25, 0.3) is 0 Å². The maximum Gasteiger partial charge on any atom is 0.294 e. The van der Waals surface area contributed by atoms with Gasteiger partial charge in [0, 0.05) is 17.4 Å². The van der Waals surface area contributed by atoms with E-state index in [1.54, 1.807) is 30.3 Å². The van der Waals surface area contributed by atoms with Crippen LogP contribution in [0.1, 0.15) is 0 Å². The highest BCUT2D eigenvalue weighted by Crippen LogP contribution is 2.34. The Kier molecular flexibility index (Phi) is 3.34. The number of nitrogens with one attached hydrogen (secondary N) is 1. The third kappa shape index (κ3) is 2.52. The topological polar surface area (TPSA) is 81.2 Å². The molecule has 0 atom stereocenters. The number of benzene rings is 2. The molecule has 0 spiro atoms. The summed E-state index contributed by atoms with van der Waals surface area (Å²) in [5.41, 5.74) is 7.07. The number of nitrogen functional groups attached to an aromatic ring is 1. The van der Waals surface area contributed by atoms with Gasteiger partial charge in [-0.25, -0.2) is 0 Å². The molecule has 0 radical (unpaired) electrons. The number of halogens is 1. The Morgan fingerprint density at radius 3 is 2.44 bits per heavy atom. The van der Waals surface area contributed by atoms with Gasteiger partial charge in [0.15, 0.2) is 0 Å². The number of hydrogen-bond donors (Lipinski definition) is 2. The van der Waals surface area contributed by atoms with E-state index in [0.29, 0.717) is 16.4 Å². The lowest BCUT2D eigenvalue weighted by molar-refractivity contribution is -0.383. The van der Waals surface area contributed by atoms with Gasteiger partial charge in [0.2, 0.25) is 0 Å². The van der Waals surface area contributed by atoms with E-state index in [0.717, 1.165) is 0 Å². The van der Waals surface area contributed by atoms with Crippen LogP contribution in [-0.2, 0) is 0 Å². The van der Waals surface area contributed by atoms with Crippen LogP contribution in [0.5, 0.6) is 0 Å². The Hall–Kier alpha value is -2.27. The summed E-state index contributed by atoms with van der Waals surface area (Å²) in [6, 6.07) is 11.4. The lowest BCUT2D eigenvalue weighted by Gasteiger charge is -2.08. The molecule has 2 rings (SSSR count). The van der Waals surface area contributed by atoms with Gasteiger partial charge in [-0.15, -0.1) is 0 Å². The first-order valence-electron chi connectivity index (χ1n) is 5.13.